The highest BCUT2D eigenvalue weighted by Gasteiger charge is 2.24. The predicted molar refractivity (Wildman–Crippen MR) is 119 cm³/mol. The summed E-state index contributed by atoms with van der Waals surface area (Å²) in [6.45, 7) is 7.10. The first-order valence-corrected chi connectivity index (χ1v) is 10.8. The van der Waals surface area contributed by atoms with Gasteiger partial charge in [-0.05, 0) is 32.0 Å². The number of aromatic nitrogens is 1. The summed E-state index contributed by atoms with van der Waals surface area (Å²) in [6.07, 6.45) is -0.0515. The Morgan fingerprint density at radius 3 is 2.44 bits per heavy atom. The van der Waals surface area contributed by atoms with Gasteiger partial charge in [0.2, 0.25) is 5.91 Å². The number of methoxy groups -OCH3 is 1. The number of nitrogens with zero attached hydrogens (tertiary/aromatic N) is 2. The second-order valence-corrected chi connectivity index (χ2v) is 7.33. The Kier molecular flexibility index (Phi) is 7.93. The summed E-state index contributed by atoms with van der Waals surface area (Å²) < 4.78 is 15.4. The van der Waals surface area contributed by atoms with Gasteiger partial charge in [-0.2, -0.15) is 0 Å². The topological polar surface area (TPSA) is 113 Å². The van der Waals surface area contributed by atoms with Crippen molar-refractivity contribution in [1.29, 1.82) is 0 Å². The van der Waals surface area contributed by atoms with Gasteiger partial charge in [-0.3, -0.25) is 9.69 Å². The van der Waals surface area contributed by atoms with Crippen molar-refractivity contribution in [2.24, 2.45) is 0 Å². The van der Waals surface area contributed by atoms with E-state index in [2.05, 4.69) is 15.2 Å². The molecule has 2 aromatic rings. The van der Waals surface area contributed by atoms with E-state index in [1.807, 2.05) is 0 Å². The number of carbonyl (C=O) groups is 3. The van der Waals surface area contributed by atoms with Crippen molar-refractivity contribution in [3.8, 4) is 5.75 Å². The van der Waals surface area contributed by atoms with Crippen molar-refractivity contribution in [1.82, 2.24) is 14.8 Å². The number of hydrogen-bond donors (Lipinski definition) is 2. The lowest BCUT2D eigenvalue weighted by molar-refractivity contribution is -0.116. The highest BCUT2D eigenvalue weighted by molar-refractivity contribution is 6.11. The van der Waals surface area contributed by atoms with E-state index in [0.29, 0.717) is 61.7 Å². The number of H-pyrrole nitrogens is 1. The summed E-state index contributed by atoms with van der Waals surface area (Å²) in [5.74, 6) is -0.137. The molecular weight excluding hydrogens is 416 g/mol. The molecule has 174 valence electrons. The smallest absolute Gasteiger partial charge is 0.409 e. The molecule has 1 saturated heterocycles. The number of nitrogens with one attached hydrogen (secondary N) is 2. The predicted octanol–water partition coefficient (Wildman–Crippen LogP) is 2.46. The number of hydrogen-bond acceptors (Lipinski definition) is 7. The standard InChI is InChI=1S/C22H30N4O6/c1-4-31-21(28)20-19(16-14-15(30-3)6-7-17(16)23-20)24-18(27)8-9-25-10-12-26(13-11-25)22(29)32-5-2/h6-7,14,23H,4-5,8-13H2,1-3H3,(H,24,27). The van der Waals surface area contributed by atoms with E-state index in [-0.39, 0.29) is 30.7 Å². The average Bonchev–Trinajstić information content (AvgIpc) is 3.16. The van der Waals surface area contributed by atoms with Crippen LogP contribution in [-0.2, 0) is 14.3 Å². The Morgan fingerprint density at radius 2 is 1.78 bits per heavy atom. The number of piperazine rings is 1. The van der Waals surface area contributed by atoms with Gasteiger partial charge in [-0.25, -0.2) is 9.59 Å². The molecule has 1 aromatic carbocycles. The summed E-state index contributed by atoms with van der Waals surface area (Å²) in [7, 11) is 1.56. The highest BCUT2D eigenvalue weighted by atomic mass is 16.6. The van der Waals surface area contributed by atoms with Gasteiger partial charge >= 0.3 is 12.1 Å². The molecule has 0 radical (unpaired) electrons. The van der Waals surface area contributed by atoms with Crippen LogP contribution in [0.3, 0.4) is 0 Å². The van der Waals surface area contributed by atoms with Gasteiger partial charge in [0.05, 0.1) is 26.0 Å². The number of fused-ring (bicyclic) bond motifs is 1. The lowest BCUT2D eigenvalue weighted by Crippen LogP contribution is -2.49. The highest BCUT2D eigenvalue weighted by Crippen LogP contribution is 2.31. The van der Waals surface area contributed by atoms with Crippen LogP contribution in [0, 0.1) is 0 Å². The minimum absolute atomic E-state index is 0.200. The molecule has 10 heteroatoms. The van der Waals surface area contributed by atoms with Crippen molar-refractivity contribution < 1.29 is 28.6 Å². The van der Waals surface area contributed by atoms with Gasteiger partial charge in [0, 0.05) is 50.0 Å². The van der Waals surface area contributed by atoms with Crippen LogP contribution >= 0.6 is 0 Å². The molecule has 1 aromatic heterocycles. The molecule has 0 bridgehead atoms. The quantitative estimate of drug-likeness (QED) is 0.599. The van der Waals surface area contributed by atoms with Crippen molar-refractivity contribution >= 4 is 34.6 Å². The molecule has 2 heterocycles. The fraction of sp³-hybridized carbons (Fsp3) is 0.500. The molecule has 1 fully saturated rings. The van der Waals surface area contributed by atoms with Gasteiger partial charge in [0.15, 0.2) is 0 Å². The largest absolute Gasteiger partial charge is 0.497 e. The Labute approximate surface area is 186 Å². The first-order valence-electron chi connectivity index (χ1n) is 10.8. The van der Waals surface area contributed by atoms with Crippen molar-refractivity contribution in [3.05, 3.63) is 23.9 Å². The Bertz CT molecular complexity index is 965. The number of ether oxygens (including phenoxy) is 3. The molecule has 3 rings (SSSR count). The number of carbonyl (C=O) groups excluding carboxylic acids is 3. The molecule has 10 nitrogen and oxygen atoms in total. The average molecular weight is 447 g/mol. The second kappa shape index (κ2) is 10.9. The van der Waals surface area contributed by atoms with Crippen LogP contribution in [0.2, 0.25) is 0 Å². The summed E-state index contributed by atoms with van der Waals surface area (Å²) in [4.78, 5) is 43.8. The third-order valence-electron chi connectivity index (χ3n) is 5.30. The minimum Gasteiger partial charge on any atom is -0.497 e. The fourth-order valence-corrected chi connectivity index (χ4v) is 3.61. The Hall–Kier alpha value is -3.27. The zero-order chi connectivity index (χ0) is 23.1. The van der Waals surface area contributed by atoms with E-state index >= 15 is 0 Å². The molecule has 0 aliphatic carbocycles. The van der Waals surface area contributed by atoms with Crippen LogP contribution in [0.15, 0.2) is 18.2 Å². The van der Waals surface area contributed by atoms with Gasteiger partial charge in [-0.1, -0.05) is 0 Å². The first kappa shape index (κ1) is 23.4. The van der Waals surface area contributed by atoms with E-state index in [1.54, 1.807) is 44.1 Å². The van der Waals surface area contributed by atoms with E-state index in [9.17, 15) is 14.4 Å². The molecule has 0 saturated carbocycles. The maximum absolute atomic E-state index is 12.7. The molecule has 2 N–H and O–H groups in total. The first-order chi connectivity index (χ1) is 15.5. The summed E-state index contributed by atoms with van der Waals surface area (Å²) in [5, 5.41) is 3.54. The molecule has 1 aliphatic rings. The fourth-order valence-electron chi connectivity index (χ4n) is 3.61. The maximum Gasteiger partial charge on any atom is 0.409 e. The lowest BCUT2D eigenvalue weighted by Gasteiger charge is -2.33. The van der Waals surface area contributed by atoms with E-state index in [4.69, 9.17) is 14.2 Å². The minimum atomic E-state index is -0.534. The molecule has 0 atom stereocenters. The normalized spacial score (nSPS) is 14.3. The van der Waals surface area contributed by atoms with Crippen LogP contribution in [0.25, 0.3) is 10.9 Å². The molecular formula is C22H30N4O6. The number of aromatic amines is 1. The van der Waals surface area contributed by atoms with Crippen LogP contribution in [0.1, 0.15) is 30.8 Å². The number of rotatable bonds is 8. The van der Waals surface area contributed by atoms with Crippen molar-refractivity contribution in [2.75, 3.05) is 58.4 Å². The summed E-state index contributed by atoms with van der Waals surface area (Å²) >= 11 is 0. The Balaban J connectivity index is 1.64. The van der Waals surface area contributed by atoms with Crippen molar-refractivity contribution in [3.63, 3.8) is 0 Å². The zero-order valence-electron chi connectivity index (χ0n) is 18.7. The van der Waals surface area contributed by atoms with E-state index < -0.39 is 5.97 Å². The van der Waals surface area contributed by atoms with Gasteiger partial charge in [0.1, 0.15) is 11.4 Å². The molecule has 0 spiro atoms. The van der Waals surface area contributed by atoms with Crippen LogP contribution in [-0.4, -0.2) is 85.8 Å². The number of esters is 1. The number of benzene rings is 1. The van der Waals surface area contributed by atoms with Crippen LogP contribution in [0.4, 0.5) is 10.5 Å². The second-order valence-electron chi connectivity index (χ2n) is 7.33. The summed E-state index contributed by atoms with van der Waals surface area (Å²) in [5.41, 5.74) is 1.28. The maximum atomic E-state index is 12.7. The molecule has 2 amide bonds. The number of anilines is 1. The van der Waals surface area contributed by atoms with Crippen LogP contribution in [0.5, 0.6) is 5.75 Å². The third-order valence-corrected chi connectivity index (χ3v) is 5.30. The lowest BCUT2D eigenvalue weighted by atomic mass is 10.2. The Morgan fingerprint density at radius 1 is 1.06 bits per heavy atom. The van der Waals surface area contributed by atoms with Gasteiger partial charge in [-0.15, -0.1) is 0 Å². The van der Waals surface area contributed by atoms with E-state index in [1.165, 1.54) is 0 Å². The molecule has 0 unspecified atom stereocenters. The molecule has 32 heavy (non-hydrogen) atoms. The van der Waals surface area contributed by atoms with Gasteiger partial charge in [0.25, 0.3) is 0 Å². The van der Waals surface area contributed by atoms with Crippen LogP contribution < -0.4 is 10.1 Å². The SMILES string of the molecule is CCOC(=O)c1[nH]c2ccc(OC)cc2c1NC(=O)CCN1CCN(C(=O)OCC)CC1. The monoisotopic (exact) mass is 446 g/mol. The summed E-state index contributed by atoms with van der Waals surface area (Å²) in [6, 6.07) is 5.32. The number of amides is 2. The van der Waals surface area contributed by atoms with E-state index in [0.717, 1.165) is 0 Å². The van der Waals surface area contributed by atoms with Gasteiger partial charge < -0.3 is 29.4 Å². The molecule has 1 aliphatic heterocycles. The van der Waals surface area contributed by atoms with Crippen molar-refractivity contribution in [2.45, 2.75) is 20.3 Å². The zero-order valence-corrected chi connectivity index (χ0v) is 18.7. The third kappa shape index (κ3) is 5.50.